The second kappa shape index (κ2) is 4.77. The molecule has 4 rings (SSSR count). The molecule has 4 nitrogen and oxygen atoms in total. The van der Waals surface area contributed by atoms with Gasteiger partial charge in [0.05, 0.1) is 28.9 Å². The third kappa shape index (κ3) is 1.97. The quantitative estimate of drug-likeness (QED) is 0.877. The first kappa shape index (κ1) is 12.7. The van der Waals surface area contributed by atoms with E-state index < -0.39 is 5.79 Å². The topological polar surface area (TPSA) is 43.4 Å². The molecule has 20 heavy (non-hydrogen) atoms. The van der Waals surface area contributed by atoms with Gasteiger partial charge < -0.3 is 14.8 Å². The molecule has 3 heterocycles. The molecule has 5 heteroatoms. The lowest BCUT2D eigenvalue weighted by molar-refractivity contribution is -0.210. The van der Waals surface area contributed by atoms with Crippen LogP contribution in [-0.2, 0) is 9.47 Å². The van der Waals surface area contributed by atoms with Crippen LogP contribution in [0.25, 0.3) is 10.2 Å². The average molecular weight is 290 g/mol. The van der Waals surface area contributed by atoms with Gasteiger partial charge in [-0.2, -0.15) is 0 Å². The number of rotatable bonds is 1. The van der Waals surface area contributed by atoms with Gasteiger partial charge in [0.25, 0.3) is 0 Å². The summed E-state index contributed by atoms with van der Waals surface area (Å²) >= 11 is 1.68. The lowest BCUT2D eigenvalue weighted by Gasteiger charge is -2.42. The number of ether oxygens (including phenoxy) is 2. The number of piperidine rings is 1. The van der Waals surface area contributed by atoms with E-state index in [0.717, 1.165) is 18.5 Å². The van der Waals surface area contributed by atoms with Crippen molar-refractivity contribution in [2.45, 2.75) is 25.2 Å². The van der Waals surface area contributed by atoms with Gasteiger partial charge in [0.15, 0.2) is 5.79 Å². The summed E-state index contributed by atoms with van der Waals surface area (Å²) in [5, 5.41) is 3.61. The van der Waals surface area contributed by atoms with Crippen molar-refractivity contribution in [3.05, 3.63) is 29.3 Å². The van der Waals surface area contributed by atoms with E-state index in [1.165, 1.54) is 10.3 Å². The highest BCUT2D eigenvalue weighted by Crippen LogP contribution is 2.40. The third-order valence-electron chi connectivity index (χ3n) is 4.44. The molecule has 0 saturated carbocycles. The molecule has 2 aliphatic heterocycles. The monoisotopic (exact) mass is 290 g/mol. The fourth-order valence-electron chi connectivity index (χ4n) is 3.23. The Balaban J connectivity index is 1.64. The van der Waals surface area contributed by atoms with Crippen LogP contribution < -0.4 is 5.32 Å². The molecule has 2 atom stereocenters. The zero-order valence-corrected chi connectivity index (χ0v) is 12.3. The van der Waals surface area contributed by atoms with Gasteiger partial charge in [-0.15, -0.1) is 11.3 Å². The van der Waals surface area contributed by atoms with Gasteiger partial charge in [0.1, 0.15) is 0 Å². The van der Waals surface area contributed by atoms with Crippen LogP contribution in [0.1, 0.15) is 24.9 Å². The standard InChI is InChI=1S/C15H18N2O2S/c1-10-8-16-13(7-15(10)18-4-5-19-15)11-2-3-14-12(6-11)17-9-20-14/h2-3,6,9-10,13,16H,4-5,7-8H2,1H3/t10-,13-/m0/s1. The summed E-state index contributed by atoms with van der Waals surface area (Å²) in [6, 6.07) is 6.81. The molecule has 1 aromatic carbocycles. The minimum Gasteiger partial charge on any atom is -0.347 e. The summed E-state index contributed by atoms with van der Waals surface area (Å²) in [7, 11) is 0. The average Bonchev–Trinajstić information content (AvgIpc) is 3.11. The maximum atomic E-state index is 5.94. The Morgan fingerprint density at radius 3 is 3.05 bits per heavy atom. The van der Waals surface area contributed by atoms with Crippen LogP contribution >= 0.6 is 11.3 Å². The number of nitrogens with zero attached hydrogens (tertiary/aromatic N) is 1. The SMILES string of the molecule is C[C@H]1CN[C@H](c2ccc3scnc3c2)CC12OCCO2. The van der Waals surface area contributed by atoms with Crippen molar-refractivity contribution >= 4 is 21.6 Å². The number of hydrogen-bond donors (Lipinski definition) is 1. The molecule has 0 bridgehead atoms. The van der Waals surface area contributed by atoms with Gasteiger partial charge in [-0.05, 0) is 17.7 Å². The number of thiazole rings is 1. The Hall–Kier alpha value is -1.01. The first-order chi connectivity index (χ1) is 9.77. The fraction of sp³-hybridized carbons (Fsp3) is 0.533. The van der Waals surface area contributed by atoms with Gasteiger partial charge in [-0.25, -0.2) is 4.98 Å². The van der Waals surface area contributed by atoms with Crippen molar-refractivity contribution in [3.63, 3.8) is 0 Å². The number of aromatic nitrogens is 1. The van der Waals surface area contributed by atoms with Gasteiger partial charge in [-0.1, -0.05) is 13.0 Å². The molecule has 2 saturated heterocycles. The summed E-state index contributed by atoms with van der Waals surface area (Å²) in [5.41, 5.74) is 4.25. The summed E-state index contributed by atoms with van der Waals surface area (Å²) in [4.78, 5) is 4.41. The van der Waals surface area contributed by atoms with Crippen LogP contribution in [0.2, 0.25) is 0 Å². The second-order valence-corrected chi connectivity index (χ2v) is 6.54. The van der Waals surface area contributed by atoms with E-state index in [0.29, 0.717) is 19.1 Å². The number of fused-ring (bicyclic) bond motifs is 1. The van der Waals surface area contributed by atoms with Crippen LogP contribution in [0.5, 0.6) is 0 Å². The van der Waals surface area contributed by atoms with E-state index in [9.17, 15) is 0 Å². The Morgan fingerprint density at radius 1 is 1.35 bits per heavy atom. The molecule has 1 spiro atoms. The Kier molecular flexibility index (Phi) is 3.03. The summed E-state index contributed by atoms with van der Waals surface area (Å²) in [5.74, 6) is -0.0169. The van der Waals surface area contributed by atoms with E-state index >= 15 is 0 Å². The van der Waals surface area contributed by atoms with Crippen LogP contribution in [0.3, 0.4) is 0 Å². The minimum absolute atomic E-state index is 0.274. The molecule has 2 aliphatic rings. The van der Waals surface area contributed by atoms with Crippen molar-refractivity contribution in [2.24, 2.45) is 5.92 Å². The molecule has 0 aliphatic carbocycles. The zero-order valence-electron chi connectivity index (χ0n) is 11.5. The Morgan fingerprint density at radius 2 is 2.20 bits per heavy atom. The maximum Gasteiger partial charge on any atom is 0.174 e. The van der Waals surface area contributed by atoms with E-state index in [-0.39, 0.29) is 6.04 Å². The van der Waals surface area contributed by atoms with E-state index in [2.05, 4.69) is 35.4 Å². The van der Waals surface area contributed by atoms with Crippen LogP contribution in [0.4, 0.5) is 0 Å². The van der Waals surface area contributed by atoms with E-state index in [1.54, 1.807) is 11.3 Å². The zero-order chi connectivity index (χ0) is 13.6. The lowest BCUT2D eigenvalue weighted by atomic mass is 9.86. The molecule has 0 amide bonds. The van der Waals surface area contributed by atoms with Crippen molar-refractivity contribution in [3.8, 4) is 0 Å². The maximum absolute atomic E-state index is 5.94. The molecule has 1 N–H and O–H groups in total. The van der Waals surface area contributed by atoms with Crippen molar-refractivity contribution in [2.75, 3.05) is 19.8 Å². The highest BCUT2D eigenvalue weighted by atomic mass is 32.1. The highest BCUT2D eigenvalue weighted by molar-refractivity contribution is 7.16. The third-order valence-corrected chi connectivity index (χ3v) is 5.25. The molecule has 1 aromatic heterocycles. The lowest BCUT2D eigenvalue weighted by Crippen LogP contribution is -2.51. The predicted molar refractivity (Wildman–Crippen MR) is 78.8 cm³/mol. The number of benzene rings is 1. The van der Waals surface area contributed by atoms with Crippen LogP contribution in [0, 0.1) is 5.92 Å². The molecular weight excluding hydrogens is 272 g/mol. The molecular formula is C15H18N2O2S. The molecule has 0 radical (unpaired) electrons. The molecule has 106 valence electrons. The van der Waals surface area contributed by atoms with Crippen molar-refractivity contribution in [1.29, 1.82) is 0 Å². The summed E-state index contributed by atoms with van der Waals surface area (Å²) in [6.07, 6.45) is 0.865. The first-order valence-corrected chi connectivity index (χ1v) is 7.99. The Labute approximate surface area is 122 Å². The summed E-state index contributed by atoms with van der Waals surface area (Å²) < 4.78 is 13.1. The largest absolute Gasteiger partial charge is 0.347 e. The molecule has 2 fully saturated rings. The molecule has 0 unspecified atom stereocenters. The predicted octanol–water partition coefficient (Wildman–Crippen LogP) is 2.71. The van der Waals surface area contributed by atoms with E-state index in [1.807, 2.05) is 5.51 Å². The van der Waals surface area contributed by atoms with Crippen LogP contribution in [-0.4, -0.2) is 30.5 Å². The van der Waals surface area contributed by atoms with Crippen molar-refractivity contribution < 1.29 is 9.47 Å². The van der Waals surface area contributed by atoms with Gasteiger partial charge in [0, 0.05) is 24.9 Å². The van der Waals surface area contributed by atoms with Gasteiger partial charge >= 0.3 is 0 Å². The minimum atomic E-state index is -0.396. The molecule has 2 aromatic rings. The van der Waals surface area contributed by atoms with Crippen molar-refractivity contribution in [1.82, 2.24) is 10.3 Å². The normalized spacial score (nSPS) is 29.2. The number of nitrogens with one attached hydrogen (secondary N) is 1. The number of hydrogen-bond acceptors (Lipinski definition) is 5. The first-order valence-electron chi connectivity index (χ1n) is 7.11. The van der Waals surface area contributed by atoms with E-state index in [4.69, 9.17) is 9.47 Å². The Bertz CT molecular complexity index is 621. The van der Waals surface area contributed by atoms with Gasteiger partial charge in [0.2, 0.25) is 0 Å². The van der Waals surface area contributed by atoms with Crippen LogP contribution in [0.15, 0.2) is 23.7 Å². The van der Waals surface area contributed by atoms with Gasteiger partial charge in [-0.3, -0.25) is 0 Å². The second-order valence-electron chi connectivity index (χ2n) is 5.65. The summed E-state index contributed by atoms with van der Waals surface area (Å²) in [6.45, 7) is 4.53. The fourth-order valence-corrected chi connectivity index (χ4v) is 3.89. The smallest absolute Gasteiger partial charge is 0.174 e. The highest BCUT2D eigenvalue weighted by Gasteiger charge is 2.46.